The van der Waals surface area contributed by atoms with E-state index in [1.165, 1.54) is 0 Å². The van der Waals surface area contributed by atoms with E-state index in [1.54, 1.807) is 21.3 Å². The third-order valence-electron chi connectivity index (χ3n) is 2.74. The number of hydrogen-bond donors (Lipinski definition) is 0. The molecule has 0 radical (unpaired) electrons. The number of rotatable bonds is 9. The van der Waals surface area contributed by atoms with Crippen molar-refractivity contribution in [1.82, 2.24) is 0 Å². The zero-order valence-electron chi connectivity index (χ0n) is 11.3. The molecule has 0 aromatic carbocycles. The molecule has 0 rings (SSSR count). The van der Waals surface area contributed by atoms with Gasteiger partial charge >= 0.3 is 8.80 Å². The fraction of sp³-hybridized carbons (Fsp3) is 0.900. The molecule has 0 atom stereocenters. The Balaban J connectivity index is 4.16. The van der Waals surface area contributed by atoms with Gasteiger partial charge in [-0.15, -0.1) is 0 Å². The van der Waals surface area contributed by atoms with Crippen molar-refractivity contribution in [2.45, 2.75) is 12.5 Å². The summed E-state index contributed by atoms with van der Waals surface area (Å²) in [4.78, 5) is 10.6. The van der Waals surface area contributed by atoms with Crippen LogP contribution in [0.4, 0.5) is 0 Å². The largest absolute Gasteiger partial charge is 0.544 e. The van der Waals surface area contributed by atoms with E-state index in [2.05, 4.69) is 0 Å². The molecule has 0 N–H and O–H groups in total. The summed E-state index contributed by atoms with van der Waals surface area (Å²) in [5.41, 5.74) is 0. The second-order valence-corrected chi connectivity index (χ2v) is 7.68. The molecule has 0 aliphatic carbocycles. The molecule has 17 heavy (non-hydrogen) atoms. The molecule has 0 aromatic rings. The molecule has 0 bridgehead atoms. The average Bonchev–Trinajstić information content (AvgIpc) is 2.23. The van der Waals surface area contributed by atoms with Crippen molar-refractivity contribution in [1.29, 1.82) is 0 Å². The Morgan fingerprint density at radius 1 is 1.18 bits per heavy atom. The Bertz CT molecular complexity index is 235. The summed E-state index contributed by atoms with van der Waals surface area (Å²) in [5, 5.41) is 10.6. The fourth-order valence-electron chi connectivity index (χ4n) is 1.71. The maximum absolute atomic E-state index is 10.6. The first-order chi connectivity index (χ1) is 7.81. The van der Waals surface area contributed by atoms with Crippen LogP contribution in [0, 0.1) is 0 Å². The average molecular weight is 265 g/mol. The highest BCUT2D eigenvalue weighted by atomic mass is 28.4. The second-order valence-electron chi connectivity index (χ2n) is 4.59. The van der Waals surface area contributed by atoms with Crippen LogP contribution < -0.4 is 5.11 Å². The van der Waals surface area contributed by atoms with Gasteiger partial charge in [0.05, 0.1) is 26.6 Å². The summed E-state index contributed by atoms with van der Waals surface area (Å²) in [6.07, 6.45) is 0.780. The lowest BCUT2D eigenvalue weighted by molar-refractivity contribution is -0.884. The maximum Gasteiger partial charge on any atom is 0.500 e. The maximum atomic E-state index is 10.6. The number of aliphatic carboxylic acids is 1. The van der Waals surface area contributed by atoms with Crippen LogP contribution in [0.2, 0.25) is 6.04 Å². The van der Waals surface area contributed by atoms with E-state index in [0.717, 1.165) is 6.42 Å². The summed E-state index contributed by atoms with van der Waals surface area (Å²) in [5.74, 6) is -1.04. The van der Waals surface area contributed by atoms with Crippen LogP contribution in [0.1, 0.15) is 6.42 Å². The van der Waals surface area contributed by atoms with Crippen molar-refractivity contribution < 1.29 is 27.7 Å². The first-order valence-electron chi connectivity index (χ1n) is 5.48. The lowest BCUT2D eigenvalue weighted by Crippen LogP contribution is -2.50. The van der Waals surface area contributed by atoms with Gasteiger partial charge in [-0.25, -0.2) is 0 Å². The van der Waals surface area contributed by atoms with Gasteiger partial charge in [0.15, 0.2) is 0 Å². The first-order valence-corrected chi connectivity index (χ1v) is 7.41. The summed E-state index contributed by atoms with van der Waals surface area (Å²) >= 11 is 0. The van der Waals surface area contributed by atoms with Gasteiger partial charge in [0.25, 0.3) is 0 Å². The molecular weight excluding hydrogens is 242 g/mol. The summed E-state index contributed by atoms with van der Waals surface area (Å²) in [6.45, 7) is 0.709. The van der Waals surface area contributed by atoms with E-state index >= 15 is 0 Å². The van der Waals surface area contributed by atoms with Crippen molar-refractivity contribution >= 4 is 14.8 Å². The van der Waals surface area contributed by atoms with Gasteiger partial charge < -0.3 is 27.7 Å². The van der Waals surface area contributed by atoms with Gasteiger partial charge in [0, 0.05) is 33.8 Å². The predicted octanol–water partition coefficient (Wildman–Crippen LogP) is -0.919. The van der Waals surface area contributed by atoms with Crippen LogP contribution >= 0.6 is 0 Å². The summed E-state index contributed by atoms with van der Waals surface area (Å²) in [7, 11) is 5.88. The highest BCUT2D eigenvalue weighted by Crippen LogP contribution is 2.16. The van der Waals surface area contributed by atoms with Crippen molar-refractivity contribution in [2.24, 2.45) is 0 Å². The highest BCUT2D eigenvalue weighted by molar-refractivity contribution is 6.60. The normalized spacial score (nSPS) is 12.8. The van der Waals surface area contributed by atoms with Crippen LogP contribution in [0.5, 0.6) is 0 Å². The van der Waals surface area contributed by atoms with Gasteiger partial charge in [-0.1, -0.05) is 0 Å². The zero-order chi connectivity index (χ0) is 13.5. The molecule has 0 aromatic heterocycles. The minimum absolute atomic E-state index is 0.00149. The SMILES string of the molecule is CO[Si](CCC[N+](C)(C)CC(=O)[O-])(OC)OC. The summed E-state index contributed by atoms with van der Waals surface area (Å²) in [6, 6.07) is 0.672. The number of hydrogen-bond acceptors (Lipinski definition) is 5. The van der Waals surface area contributed by atoms with E-state index in [1.807, 2.05) is 14.1 Å². The number of likely N-dealkylation sites (N-methyl/N-ethyl adjacent to an activating group) is 1. The van der Waals surface area contributed by atoms with E-state index in [4.69, 9.17) is 13.3 Å². The number of carboxylic acid groups (broad SMARTS) is 1. The standard InChI is InChI=1S/C10H23NO5Si/c1-11(2,9-10(12)13)7-6-8-17(14-3,15-4)16-5/h6-9H2,1-5H3. The molecule has 0 aliphatic rings. The third kappa shape index (κ3) is 6.13. The zero-order valence-corrected chi connectivity index (χ0v) is 12.3. The topological polar surface area (TPSA) is 67.8 Å². The van der Waals surface area contributed by atoms with Gasteiger partial charge in [-0.2, -0.15) is 0 Å². The van der Waals surface area contributed by atoms with Crippen LogP contribution in [-0.2, 0) is 18.1 Å². The molecule has 0 unspecified atom stereocenters. The Morgan fingerprint density at radius 2 is 1.65 bits per heavy atom. The predicted molar refractivity (Wildman–Crippen MR) is 63.1 cm³/mol. The number of quaternary nitrogens is 1. The Kier molecular flexibility index (Phi) is 6.87. The van der Waals surface area contributed by atoms with Crippen LogP contribution in [0.25, 0.3) is 0 Å². The molecule has 102 valence electrons. The highest BCUT2D eigenvalue weighted by Gasteiger charge is 2.37. The molecule has 0 saturated carbocycles. The van der Waals surface area contributed by atoms with Crippen molar-refractivity contribution in [3.8, 4) is 0 Å². The number of nitrogens with zero attached hydrogens (tertiary/aromatic N) is 1. The first kappa shape index (κ1) is 16.5. The Hall–Kier alpha value is -0.473. The Morgan fingerprint density at radius 3 is 2.00 bits per heavy atom. The van der Waals surface area contributed by atoms with E-state index in [0.29, 0.717) is 17.1 Å². The van der Waals surface area contributed by atoms with Gasteiger partial charge in [0.1, 0.15) is 6.54 Å². The minimum Gasteiger partial charge on any atom is -0.544 e. The third-order valence-corrected chi connectivity index (χ3v) is 5.57. The van der Waals surface area contributed by atoms with Crippen molar-refractivity contribution in [3.63, 3.8) is 0 Å². The molecule has 7 heteroatoms. The molecule has 0 aliphatic heterocycles. The molecule has 0 amide bonds. The molecule has 0 fully saturated rings. The molecule has 0 saturated heterocycles. The molecule has 0 heterocycles. The smallest absolute Gasteiger partial charge is 0.500 e. The lowest BCUT2D eigenvalue weighted by Gasteiger charge is -2.31. The van der Waals surface area contributed by atoms with E-state index in [-0.39, 0.29) is 6.54 Å². The van der Waals surface area contributed by atoms with Gasteiger partial charge in [-0.3, -0.25) is 0 Å². The number of carbonyl (C=O) groups excluding carboxylic acids is 1. The number of carbonyl (C=O) groups is 1. The van der Waals surface area contributed by atoms with Crippen LogP contribution in [-0.4, -0.2) is 67.8 Å². The monoisotopic (exact) mass is 265 g/mol. The Labute approximate surface area is 104 Å². The lowest BCUT2D eigenvalue weighted by atomic mass is 10.3. The van der Waals surface area contributed by atoms with Crippen LogP contribution in [0.15, 0.2) is 0 Å². The summed E-state index contributed by atoms with van der Waals surface area (Å²) < 4.78 is 16.3. The van der Waals surface area contributed by atoms with Crippen molar-refractivity contribution in [3.05, 3.63) is 0 Å². The molecule has 0 spiro atoms. The molecule has 6 nitrogen and oxygen atoms in total. The van der Waals surface area contributed by atoms with Gasteiger partial charge in [0.2, 0.25) is 0 Å². The van der Waals surface area contributed by atoms with Gasteiger partial charge in [-0.05, 0) is 0 Å². The van der Waals surface area contributed by atoms with E-state index < -0.39 is 14.8 Å². The minimum atomic E-state index is -2.53. The van der Waals surface area contributed by atoms with Crippen LogP contribution in [0.3, 0.4) is 0 Å². The van der Waals surface area contributed by atoms with Crippen molar-refractivity contribution in [2.75, 3.05) is 48.5 Å². The quantitative estimate of drug-likeness (QED) is 0.398. The van der Waals surface area contributed by atoms with E-state index in [9.17, 15) is 9.90 Å². The second kappa shape index (κ2) is 7.07. The molecular formula is C10H23NO5Si. The number of carboxylic acids is 1. The fourth-order valence-corrected chi connectivity index (χ4v) is 3.41.